The fourth-order valence-corrected chi connectivity index (χ4v) is 5.51. The van der Waals surface area contributed by atoms with E-state index >= 15 is 0 Å². The van der Waals surface area contributed by atoms with Crippen LogP contribution in [0.2, 0.25) is 5.02 Å². The van der Waals surface area contributed by atoms with Crippen molar-refractivity contribution >= 4 is 35.2 Å². The molecule has 1 aliphatic carbocycles. The van der Waals surface area contributed by atoms with Gasteiger partial charge in [-0.15, -0.1) is 11.8 Å². The number of rotatable bonds is 11. The van der Waals surface area contributed by atoms with Gasteiger partial charge in [-0.2, -0.15) is 0 Å². The first kappa shape index (κ1) is 25.6. The van der Waals surface area contributed by atoms with Crippen LogP contribution in [0.15, 0.2) is 48.5 Å². The van der Waals surface area contributed by atoms with E-state index in [0.717, 1.165) is 31.2 Å². The topological polar surface area (TPSA) is 49.4 Å². The van der Waals surface area contributed by atoms with Gasteiger partial charge in [-0.3, -0.25) is 9.59 Å². The lowest BCUT2D eigenvalue weighted by Gasteiger charge is -2.31. The number of thioether (sulfide) groups is 1. The lowest BCUT2D eigenvalue weighted by Crippen LogP contribution is -2.52. The molecule has 0 radical (unpaired) electrons. The zero-order valence-electron chi connectivity index (χ0n) is 19.1. The fourth-order valence-electron chi connectivity index (χ4n) is 4.26. The molecule has 1 N–H and O–H groups in total. The minimum Gasteiger partial charge on any atom is -0.352 e. The minimum atomic E-state index is -0.514. The van der Waals surface area contributed by atoms with Crippen LogP contribution in [0, 0.1) is 5.82 Å². The Hall–Kier alpha value is -2.05. The van der Waals surface area contributed by atoms with Gasteiger partial charge in [0.05, 0.1) is 5.75 Å². The summed E-state index contributed by atoms with van der Waals surface area (Å²) in [6.07, 6.45) is 5.48. The third kappa shape index (κ3) is 7.47. The van der Waals surface area contributed by atoms with Crippen molar-refractivity contribution in [1.29, 1.82) is 0 Å². The molecule has 33 heavy (non-hydrogen) atoms. The molecule has 1 saturated carbocycles. The molecule has 0 saturated heterocycles. The second kappa shape index (κ2) is 13.0. The standard InChI is InChI=1S/C26H32ClFN2O2S/c1-2-24(26(32)29-20-11-6-7-12-20)30(16-15-19-9-4-3-5-10-19)25(31)18-33-17-21-22(27)13-8-14-23(21)28/h3-5,8-10,13-14,20,24H,2,6-7,11-12,15-18H2,1H3,(H,29,32). The van der Waals surface area contributed by atoms with Crippen molar-refractivity contribution in [2.24, 2.45) is 0 Å². The van der Waals surface area contributed by atoms with E-state index in [2.05, 4.69) is 5.32 Å². The van der Waals surface area contributed by atoms with Gasteiger partial charge in [0.25, 0.3) is 0 Å². The van der Waals surface area contributed by atoms with Gasteiger partial charge in [-0.1, -0.05) is 67.8 Å². The van der Waals surface area contributed by atoms with Crippen molar-refractivity contribution in [3.63, 3.8) is 0 Å². The quantitative estimate of drug-likeness (QED) is 0.444. The monoisotopic (exact) mass is 490 g/mol. The van der Waals surface area contributed by atoms with E-state index in [0.29, 0.717) is 35.7 Å². The van der Waals surface area contributed by atoms with E-state index in [9.17, 15) is 14.0 Å². The Balaban J connectivity index is 1.67. The van der Waals surface area contributed by atoms with Crippen molar-refractivity contribution in [3.8, 4) is 0 Å². The molecule has 0 bridgehead atoms. The van der Waals surface area contributed by atoms with Crippen molar-refractivity contribution in [2.75, 3.05) is 12.3 Å². The van der Waals surface area contributed by atoms with Gasteiger partial charge in [0.2, 0.25) is 11.8 Å². The third-order valence-electron chi connectivity index (χ3n) is 6.11. The predicted molar refractivity (Wildman–Crippen MR) is 134 cm³/mol. The summed E-state index contributed by atoms with van der Waals surface area (Å²) in [5.74, 6) is -0.0999. The highest BCUT2D eigenvalue weighted by molar-refractivity contribution is 7.99. The third-order valence-corrected chi connectivity index (χ3v) is 7.40. The van der Waals surface area contributed by atoms with Crippen molar-refractivity contribution in [3.05, 3.63) is 70.5 Å². The lowest BCUT2D eigenvalue weighted by molar-refractivity contribution is -0.139. The van der Waals surface area contributed by atoms with Crippen molar-refractivity contribution in [1.82, 2.24) is 10.2 Å². The van der Waals surface area contributed by atoms with E-state index in [1.54, 1.807) is 17.0 Å². The summed E-state index contributed by atoms with van der Waals surface area (Å²) in [5, 5.41) is 3.51. The first-order valence-electron chi connectivity index (χ1n) is 11.6. The van der Waals surface area contributed by atoms with Gasteiger partial charge in [0.15, 0.2) is 0 Å². The highest BCUT2D eigenvalue weighted by atomic mass is 35.5. The number of halogens is 2. The molecule has 1 fully saturated rings. The van der Waals surface area contributed by atoms with E-state index in [-0.39, 0.29) is 29.4 Å². The molecule has 3 rings (SSSR count). The molecule has 4 nitrogen and oxygen atoms in total. The second-order valence-corrected chi connectivity index (χ2v) is 9.82. The first-order chi connectivity index (χ1) is 16.0. The number of nitrogens with one attached hydrogen (secondary N) is 1. The molecule has 0 heterocycles. The molecule has 2 aromatic rings. The van der Waals surface area contributed by atoms with E-state index in [1.165, 1.54) is 17.8 Å². The van der Waals surface area contributed by atoms with Gasteiger partial charge in [0.1, 0.15) is 11.9 Å². The Kier molecular flexibility index (Phi) is 10.1. The maximum absolute atomic E-state index is 14.1. The van der Waals surface area contributed by atoms with E-state index in [1.807, 2.05) is 37.3 Å². The zero-order chi connectivity index (χ0) is 23.6. The lowest BCUT2D eigenvalue weighted by atomic mass is 10.1. The Morgan fingerprint density at radius 1 is 1.15 bits per heavy atom. The van der Waals surface area contributed by atoms with Crippen LogP contribution in [0.4, 0.5) is 4.39 Å². The molecule has 1 atom stereocenters. The largest absolute Gasteiger partial charge is 0.352 e. The molecule has 2 aromatic carbocycles. The van der Waals surface area contributed by atoms with Crippen LogP contribution in [-0.4, -0.2) is 41.1 Å². The van der Waals surface area contributed by atoms with Crippen LogP contribution >= 0.6 is 23.4 Å². The SMILES string of the molecule is CCC(C(=O)NC1CCCC1)N(CCc1ccccc1)C(=O)CSCc1c(F)cccc1Cl. The summed E-state index contributed by atoms with van der Waals surface area (Å²) in [6, 6.07) is 14.2. The number of hydrogen-bond donors (Lipinski definition) is 1. The minimum absolute atomic E-state index is 0.0760. The summed E-state index contributed by atoms with van der Waals surface area (Å²) in [5.41, 5.74) is 1.52. The number of hydrogen-bond acceptors (Lipinski definition) is 3. The van der Waals surface area contributed by atoms with Crippen molar-refractivity contribution in [2.45, 2.75) is 63.3 Å². The number of benzene rings is 2. The Bertz CT molecular complexity index is 902. The highest BCUT2D eigenvalue weighted by Crippen LogP contribution is 2.24. The zero-order valence-corrected chi connectivity index (χ0v) is 20.6. The maximum Gasteiger partial charge on any atom is 0.243 e. The summed E-state index contributed by atoms with van der Waals surface area (Å²) in [4.78, 5) is 28.1. The van der Waals surface area contributed by atoms with Gasteiger partial charge in [-0.25, -0.2) is 4.39 Å². The predicted octanol–water partition coefficient (Wildman–Crippen LogP) is 5.62. The van der Waals surface area contributed by atoms with E-state index in [4.69, 9.17) is 11.6 Å². The summed E-state index contributed by atoms with van der Waals surface area (Å²) in [6.45, 7) is 2.40. The number of nitrogens with zero attached hydrogens (tertiary/aromatic N) is 1. The van der Waals surface area contributed by atoms with Crippen LogP contribution in [0.3, 0.4) is 0 Å². The molecule has 0 aliphatic heterocycles. The Morgan fingerprint density at radius 2 is 1.88 bits per heavy atom. The van der Waals surface area contributed by atoms with Gasteiger partial charge in [-0.05, 0) is 43.4 Å². The molecular formula is C26H32ClFN2O2S. The Morgan fingerprint density at radius 3 is 2.55 bits per heavy atom. The van der Waals surface area contributed by atoms with Gasteiger partial charge >= 0.3 is 0 Å². The maximum atomic E-state index is 14.1. The molecule has 1 unspecified atom stereocenters. The molecule has 1 aliphatic rings. The van der Waals surface area contributed by atoms with E-state index < -0.39 is 6.04 Å². The van der Waals surface area contributed by atoms with Crippen molar-refractivity contribution < 1.29 is 14.0 Å². The summed E-state index contributed by atoms with van der Waals surface area (Å²) in [7, 11) is 0. The smallest absolute Gasteiger partial charge is 0.243 e. The average Bonchev–Trinajstić information content (AvgIpc) is 3.32. The molecule has 178 valence electrons. The van der Waals surface area contributed by atoms with Crippen LogP contribution in [0.5, 0.6) is 0 Å². The van der Waals surface area contributed by atoms with Crippen LogP contribution in [0.1, 0.15) is 50.2 Å². The van der Waals surface area contributed by atoms with Crippen LogP contribution < -0.4 is 5.32 Å². The number of amides is 2. The first-order valence-corrected chi connectivity index (χ1v) is 13.2. The second-order valence-electron chi connectivity index (χ2n) is 8.43. The van der Waals surface area contributed by atoms with Gasteiger partial charge < -0.3 is 10.2 Å². The molecular weight excluding hydrogens is 459 g/mol. The molecule has 7 heteroatoms. The molecule has 0 spiro atoms. The summed E-state index contributed by atoms with van der Waals surface area (Å²) < 4.78 is 14.1. The number of carbonyl (C=O) groups excluding carboxylic acids is 2. The van der Waals surface area contributed by atoms with Gasteiger partial charge in [0, 0.05) is 28.9 Å². The van der Waals surface area contributed by atoms with Crippen LogP contribution in [-0.2, 0) is 21.8 Å². The number of carbonyl (C=O) groups is 2. The fraction of sp³-hybridized carbons (Fsp3) is 0.462. The highest BCUT2D eigenvalue weighted by Gasteiger charge is 2.30. The molecule has 2 amide bonds. The Labute approximate surface area is 205 Å². The average molecular weight is 491 g/mol. The van der Waals surface area contributed by atoms with Crippen LogP contribution in [0.25, 0.3) is 0 Å². The summed E-state index contributed by atoms with van der Waals surface area (Å²) >= 11 is 7.44. The normalized spacial score (nSPS) is 14.8. The molecule has 0 aromatic heterocycles.